The molecular formula is C13H10BrCl2NO2S. The molecule has 0 aliphatic carbocycles. The first-order chi connectivity index (χ1) is 9.29. The fourth-order valence-electron chi connectivity index (χ4n) is 1.52. The van der Waals surface area contributed by atoms with E-state index in [1.54, 1.807) is 12.1 Å². The van der Waals surface area contributed by atoms with Crippen LogP contribution in [0, 0.1) is 6.92 Å². The van der Waals surface area contributed by atoms with Crippen molar-refractivity contribution in [3.05, 3.63) is 56.5 Å². The van der Waals surface area contributed by atoms with Crippen LogP contribution in [0.2, 0.25) is 10.0 Å². The molecule has 0 atom stereocenters. The first-order valence-corrected chi connectivity index (χ1v) is 8.57. The fourth-order valence-corrected chi connectivity index (χ4v) is 3.42. The second kappa shape index (κ2) is 5.93. The molecule has 0 heterocycles. The van der Waals surface area contributed by atoms with Crippen LogP contribution in [0.25, 0.3) is 0 Å². The first kappa shape index (κ1) is 15.6. The SMILES string of the molecule is Cc1ccc(S(=O)(=O)Nc2cc(Br)c(Cl)cc2Cl)cc1. The van der Waals surface area contributed by atoms with Gasteiger partial charge in [-0.25, -0.2) is 8.42 Å². The van der Waals surface area contributed by atoms with Gasteiger partial charge in [-0.1, -0.05) is 40.9 Å². The molecule has 0 aliphatic heterocycles. The third-order valence-corrected chi connectivity index (χ3v) is 5.48. The van der Waals surface area contributed by atoms with Crippen LogP contribution in [-0.2, 0) is 10.0 Å². The second-order valence-corrected chi connectivity index (χ2v) is 7.52. The van der Waals surface area contributed by atoms with Gasteiger partial charge >= 0.3 is 0 Å². The van der Waals surface area contributed by atoms with Crippen molar-refractivity contribution in [2.45, 2.75) is 11.8 Å². The molecule has 7 heteroatoms. The second-order valence-electron chi connectivity index (χ2n) is 4.16. The largest absolute Gasteiger partial charge is 0.278 e. The van der Waals surface area contributed by atoms with E-state index in [1.807, 2.05) is 6.92 Å². The van der Waals surface area contributed by atoms with E-state index in [0.717, 1.165) is 5.56 Å². The molecule has 0 bridgehead atoms. The summed E-state index contributed by atoms with van der Waals surface area (Å²) < 4.78 is 27.5. The molecule has 2 aromatic rings. The van der Waals surface area contributed by atoms with Crippen LogP contribution in [-0.4, -0.2) is 8.42 Å². The number of nitrogens with one attached hydrogen (secondary N) is 1. The molecule has 2 aromatic carbocycles. The van der Waals surface area contributed by atoms with Crippen molar-refractivity contribution < 1.29 is 8.42 Å². The molecule has 0 amide bonds. The third-order valence-electron chi connectivity index (χ3n) is 2.59. The van der Waals surface area contributed by atoms with Crippen LogP contribution in [0.5, 0.6) is 0 Å². The van der Waals surface area contributed by atoms with Gasteiger partial charge in [0.1, 0.15) is 0 Å². The van der Waals surface area contributed by atoms with Gasteiger partial charge in [0.15, 0.2) is 0 Å². The highest BCUT2D eigenvalue weighted by Gasteiger charge is 2.16. The third kappa shape index (κ3) is 3.47. The highest BCUT2D eigenvalue weighted by molar-refractivity contribution is 9.10. The molecule has 0 saturated heterocycles. The number of sulfonamides is 1. The van der Waals surface area contributed by atoms with E-state index < -0.39 is 10.0 Å². The van der Waals surface area contributed by atoms with Crippen LogP contribution >= 0.6 is 39.1 Å². The molecule has 0 radical (unpaired) electrons. The van der Waals surface area contributed by atoms with E-state index in [4.69, 9.17) is 23.2 Å². The molecule has 0 spiro atoms. The lowest BCUT2D eigenvalue weighted by Gasteiger charge is -2.11. The minimum atomic E-state index is -3.68. The average Bonchev–Trinajstić information content (AvgIpc) is 2.36. The van der Waals surface area contributed by atoms with Gasteiger partial charge < -0.3 is 0 Å². The van der Waals surface area contributed by atoms with Crippen molar-refractivity contribution >= 4 is 54.8 Å². The molecule has 3 nitrogen and oxygen atoms in total. The summed E-state index contributed by atoms with van der Waals surface area (Å²) in [7, 11) is -3.68. The first-order valence-electron chi connectivity index (χ1n) is 5.53. The van der Waals surface area contributed by atoms with Gasteiger partial charge in [0, 0.05) is 4.47 Å². The van der Waals surface area contributed by atoms with Gasteiger partial charge in [0.05, 0.1) is 20.6 Å². The van der Waals surface area contributed by atoms with Gasteiger partial charge in [0.2, 0.25) is 0 Å². The molecule has 0 fully saturated rings. The standard InChI is InChI=1S/C13H10BrCl2NO2S/c1-8-2-4-9(5-3-8)20(18,19)17-13-6-10(14)11(15)7-12(13)16/h2-7,17H,1H3. The van der Waals surface area contributed by atoms with Crippen molar-refractivity contribution in [3.8, 4) is 0 Å². The van der Waals surface area contributed by atoms with E-state index in [1.165, 1.54) is 24.3 Å². The zero-order valence-electron chi connectivity index (χ0n) is 10.3. The minimum absolute atomic E-state index is 0.172. The Morgan fingerprint density at radius 2 is 1.65 bits per heavy atom. The summed E-state index contributed by atoms with van der Waals surface area (Å²) in [4.78, 5) is 0.172. The lowest BCUT2D eigenvalue weighted by atomic mass is 10.2. The Morgan fingerprint density at radius 1 is 1.05 bits per heavy atom. The molecule has 0 saturated carbocycles. The normalized spacial score (nSPS) is 11.4. The van der Waals surface area contributed by atoms with E-state index in [-0.39, 0.29) is 15.6 Å². The summed E-state index contributed by atoms with van der Waals surface area (Å²) in [6.07, 6.45) is 0. The summed E-state index contributed by atoms with van der Waals surface area (Å²) in [6.45, 7) is 1.89. The predicted octanol–water partition coefficient (Wildman–Crippen LogP) is 4.87. The lowest BCUT2D eigenvalue weighted by Crippen LogP contribution is -2.13. The molecule has 0 aliphatic rings. The predicted molar refractivity (Wildman–Crippen MR) is 86.1 cm³/mol. The van der Waals surface area contributed by atoms with Crippen molar-refractivity contribution in [1.82, 2.24) is 0 Å². The number of halogens is 3. The molecule has 0 aromatic heterocycles. The van der Waals surface area contributed by atoms with E-state index in [9.17, 15) is 8.42 Å². The smallest absolute Gasteiger partial charge is 0.261 e. The van der Waals surface area contributed by atoms with Crippen LogP contribution in [0.15, 0.2) is 45.8 Å². The average molecular weight is 395 g/mol. The Kier molecular flexibility index (Phi) is 4.64. The maximum absolute atomic E-state index is 12.2. The molecule has 2 rings (SSSR count). The summed E-state index contributed by atoms with van der Waals surface area (Å²) in [5, 5.41) is 0.641. The Labute approximate surface area is 136 Å². The van der Waals surface area contributed by atoms with Gasteiger partial charge in [0.25, 0.3) is 10.0 Å². The quantitative estimate of drug-likeness (QED) is 0.755. The summed E-state index contributed by atoms with van der Waals surface area (Å²) in [5.41, 5.74) is 1.25. The van der Waals surface area contributed by atoms with Gasteiger partial charge in [-0.15, -0.1) is 0 Å². The van der Waals surface area contributed by atoms with Crippen molar-refractivity contribution in [3.63, 3.8) is 0 Å². The number of aryl methyl sites for hydroxylation is 1. The van der Waals surface area contributed by atoms with Crippen LogP contribution in [0.4, 0.5) is 5.69 Å². The molecular weight excluding hydrogens is 385 g/mol. The number of hydrogen-bond acceptors (Lipinski definition) is 2. The Hall–Kier alpha value is -0.750. The summed E-state index contributed by atoms with van der Waals surface area (Å²) in [5.74, 6) is 0. The Bertz CT molecular complexity index is 746. The van der Waals surface area contributed by atoms with Gasteiger partial charge in [-0.3, -0.25) is 4.72 Å². The minimum Gasteiger partial charge on any atom is -0.278 e. The van der Waals surface area contributed by atoms with Crippen LogP contribution in [0.1, 0.15) is 5.56 Å². The van der Waals surface area contributed by atoms with E-state index in [0.29, 0.717) is 9.50 Å². The van der Waals surface area contributed by atoms with Crippen molar-refractivity contribution in [2.75, 3.05) is 4.72 Å². The van der Waals surface area contributed by atoms with Crippen molar-refractivity contribution in [2.24, 2.45) is 0 Å². The summed E-state index contributed by atoms with van der Waals surface area (Å²) in [6, 6.07) is 9.53. The topological polar surface area (TPSA) is 46.2 Å². The van der Waals surface area contributed by atoms with E-state index in [2.05, 4.69) is 20.7 Å². The van der Waals surface area contributed by atoms with Gasteiger partial charge in [-0.05, 0) is 47.1 Å². The number of rotatable bonds is 3. The highest BCUT2D eigenvalue weighted by Crippen LogP contribution is 2.33. The van der Waals surface area contributed by atoms with Crippen molar-refractivity contribution in [1.29, 1.82) is 0 Å². The zero-order valence-corrected chi connectivity index (χ0v) is 14.2. The fraction of sp³-hybridized carbons (Fsp3) is 0.0769. The number of anilines is 1. The maximum Gasteiger partial charge on any atom is 0.261 e. The number of hydrogen-bond donors (Lipinski definition) is 1. The number of benzene rings is 2. The molecule has 0 unspecified atom stereocenters. The Morgan fingerprint density at radius 3 is 2.25 bits per heavy atom. The maximum atomic E-state index is 12.2. The zero-order chi connectivity index (χ0) is 14.9. The van der Waals surface area contributed by atoms with Crippen LogP contribution < -0.4 is 4.72 Å². The van der Waals surface area contributed by atoms with Crippen LogP contribution in [0.3, 0.4) is 0 Å². The summed E-state index contributed by atoms with van der Waals surface area (Å²) >= 11 is 15.1. The lowest BCUT2D eigenvalue weighted by molar-refractivity contribution is 0.601. The molecule has 106 valence electrons. The monoisotopic (exact) mass is 393 g/mol. The van der Waals surface area contributed by atoms with Gasteiger partial charge in [-0.2, -0.15) is 0 Å². The molecule has 20 heavy (non-hydrogen) atoms. The highest BCUT2D eigenvalue weighted by atomic mass is 79.9. The van der Waals surface area contributed by atoms with E-state index >= 15 is 0 Å². The molecule has 1 N–H and O–H groups in total. The Balaban J connectivity index is 2.38.